The quantitative estimate of drug-likeness (QED) is 0.772. The normalized spacial score (nSPS) is 14.5. The number of benzene rings is 2. The number of halogens is 1. The Hall–Kier alpha value is -2.57. The molecule has 1 fully saturated rings. The lowest BCUT2D eigenvalue weighted by Crippen LogP contribution is -2.51. The van der Waals surface area contributed by atoms with Gasteiger partial charge in [-0.2, -0.15) is 0 Å². The standard InChI is InChI=1S/C21H24ClN3O3/c22-18-6-8-19(9-7-18)28-16-20(26)23-14-21(27)25-12-10-24(11-13-25)15-17-4-2-1-3-5-17/h1-9H,10-16H2,(H,23,26). The van der Waals surface area contributed by atoms with Gasteiger partial charge in [0.15, 0.2) is 6.61 Å². The first-order valence-electron chi connectivity index (χ1n) is 9.29. The van der Waals surface area contributed by atoms with Crippen molar-refractivity contribution in [3.8, 4) is 5.75 Å². The third-order valence-corrected chi connectivity index (χ3v) is 4.85. The summed E-state index contributed by atoms with van der Waals surface area (Å²) in [5.74, 6) is 0.158. The first kappa shape index (κ1) is 20.2. The van der Waals surface area contributed by atoms with Crippen molar-refractivity contribution in [2.24, 2.45) is 0 Å². The molecule has 0 bridgehead atoms. The summed E-state index contributed by atoms with van der Waals surface area (Å²) in [5.41, 5.74) is 1.27. The lowest BCUT2D eigenvalue weighted by molar-refractivity contribution is -0.134. The molecule has 6 nitrogen and oxygen atoms in total. The maximum Gasteiger partial charge on any atom is 0.258 e. The lowest BCUT2D eigenvalue weighted by Gasteiger charge is -2.34. The summed E-state index contributed by atoms with van der Waals surface area (Å²) in [6, 6.07) is 17.1. The van der Waals surface area contributed by atoms with Gasteiger partial charge in [-0.05, 0) is 29.8 Å². The Balaban J connectivity index is 1.34. The van der Waals surface area contributed by atoms with E-state index < -0.39 is 0 Å². The van der Waals surface area contributed by atoms with Crippen LogP contribution in [0.4, 0.5) is 0 Å². The maximum atomic E-state index is 12.3. The Morgan fingerprint density at radius 2 is 1.64 bits per heavy atom. The van der Waals surface area contributed by atoms with Crippen LogP contribution >= 0.6 is 11.6 Å². The number of carbonyl (C=O) groups is 2. The van der Waals surface area contributed by atoms with E-state index in [0.717, 1.165) is 19.6 Å². The lowest BCUT2D eigenvalue weighted by atomic mass is 10.2. The van der Waals surface area contributed by atoms with Crippen molar-refractivity contribution in [1.29, 1.82) is 0 Å². The minimum absolute atomic E-state index is 0.0124. The van der Waals surface area contributed by atoms with Crippen LogP contribution in [0.2, 0.25) is 5.02 Å². The van der Waals surface area contributed by atoms with Gasteiger partial charge in [-0.25, -0.2) is 0 Å². The number of carbonyl (C=O) groups excluding carboxylic acids is 2. The fourth-order valence-corrected chi connectivity index (χ4v) is 3.14. The van der Waals surface area contributed by atoms with Gasteiger partial charge < -0.3 is 15.0 Å². The van der Waals surface area contributed by atoms with E-state index in [1.165, 1.54) is 5.56 Å². The summed E-state index contributed by atoms with van der Waals surface area (Å²) in [6.07, 6.45) is 0. The largest absolute Gasteiger partial charge is 0.484 e. The Labute approximate surface area is 170 Å². The SMILES string of the molecule is O=C(COc1ccc(Cl)cc1)NCC(=O)N1CCN(Cc2ccccc2)CC1. The molecule has 2 aromatic carbocycles. The van der Waals surface area contributed by atoms with E-state index in [1.807, 2.05) is 18.2 Å². The zero-order chi connectivity index (χ0) is 19.8. The van der Waals surface area contributed by atoms with Crippen molar-refractivity contribution in [1.82, 2.24) is 15.1 Å². The minimum atomic E-state index is -0.328. The number of rotatable bonds is 7. The highest BCUT2D eigenvalue weighted by atomic mass is 35.5. The predicted molar refractivity (Wildman–Crippen MR) is 108 cm³/mol. The zero-order valence-corrected chi connectivity index (χ0v) is 16.4. The summed E-state index contributed by atoms with van der Waals surface area (Å²) in [5, 5.41) is 3.22. The van der Waals surface area contributed by atoms with Gasteiger partial charge in [-0.3, -0.25) is 14.5 Å². The molecule has 2 amide bonds. The number of hydrogen-bond donors (Lipinski definition) is 1. The molecule has 2 aromatic rings. The Morgan fingerprint density at radius 1 is 0.964 bits per heavy atom. The maximum absolute atomic E-state index is 12.3. The number of ether oxygens (including phenoxy) is 1. The highest BCUT2D eigenvalue weighted by Gasteiger charge is 2.21. The number of hydrogen-bond acceptors (Lipinski definition) is 4. The highest BCUT2D eigenvalue weighted by Crippen LogP contribution is 2.15. The molecule has 0 aromatic heterocycles. The average molecular weight is 402 g/mol. The highest BCUT2D eigenvalue weighted by molar-refractivity contribution is 6.30. The summed E-state index contributed by atoms with van der Waals surface area (Å²) < 4.78 is 5.37. The van der Waals surface area contributed by atoms with Crippen LogP contribution in [-0.4, -0.2) is 60.9 Å². The first-order valence-corrected chi connectivity index (χ1v) is 9.67. The van der Waals surface area contributed by atoms with E-state index in [0.29, 0.717) is 23.9 Å². The summed E-state index contributed by atoms with van der Waals surface area (Å²) in [7, 11) is 0. The fourth-order valence-electron chi connectivity index (χ4n) is 3.01. The van der Waals surface area contributed by atoms with Gasteiger partial charge in [0.05, 0.1) is 6.54 Å². The number of piperazine rings is 1. The molecule has 0 radical (unpaired) electrons. The summed E-state index contributed by atoms with van der Waals surface area (Å²) >= 11 is 5.80. The van der Waals surface area contributed by atoms with E-state index in [2.05, 4.69) is 22.3 Å². The molecule has 28 heavy (non-hydrogen) atoms. The molecule has 1 aliphatic heterocycles. The van der Waals surface area contributed by atoms with Crippen molar-refractivity contribution >= 4 is 23.4 Å². The summed E-state index contributed by atoms with van der Waals surface area (Å²) in [6.45, 7) is 3.73. The predicted octanol–water partition coefficient (Wildman–Crippen LogP) is 2.18. The topological polar surface area (TPSA) is 61.9 Å². The smallest absolute Gasteiger partial charge is 0.258 e. The number of nitrogens with one attached hydrogen (secondary N) is 1. The minimum Gasteiger partial charge on any atom is -0.484 e. The zero-order valence-electron chi connectivity index (χ0n) is 15.6. The van der Waals surface area contributed by atoms with E-state index in [9.17, 15) is 9.59 Å². The Kier molecular flexibility index (Phi) is 7.28. The van der Waals surface area contributed by atoms with Crippen molar-refractivity contribution < 1.29 is 14.3 Å². The van der Waals surface area contributed by atoms with Crippen LogP contribution in [0.1, 0.15) is 5.56 Å². The van der Waals surface area contributed by atoms with Gasteiger partial charge >= 0.3 is 0 Å². The van der Waals surface area contributed by atoms with Crippen LogP contribution in [0, 0.1) is 0 Å². The molecule has 1 aliphatic rings. The van der Waals surface area contributed by atoms with Gasteiger partial charge in [-0.15, -0.1) is 0 Å². The molecular weight excluding hydrogens is 378 g/mol. The summed E-state index contributed by atoms with van der Waals surface area (Å²) in [4.78, 5) is 28.3. The third kappa shape index (κ3) is 6.25. The molecule has 1 N–H and O–H groups in total. The van der Waals surface area contributed by atoms with Crippen LogP contribution in [0.5, 0.6) is 5.75 Å². The van der Waals surface area contributed by atoms with Crippen LogP contribution in [-0.2, 0) is 16.1 Å². The fraction of sp³-hybridized carbons (Fsp3) is 0.333. The Morgan fingerprint density at radius 3 is 2.32 bits per heavy atom. The van der Waals surface area contributed by atoms with E-state index >= 15 is 0 Å². The van der Waals surface area contributed by atoms with E-state index in [1.54, 1.807) is 29.2 Å². The number of amides is 2. The van der Waals surface area contributed by atoms with Crippen molar-refractivity contribution in [2.75, 3.05) is 39.3 Å². The van der Waals surface area contributed by atoms with Gasteiger partial charge in [-0.1, -0.05) is 41.9 Å². The van der Waals surface area contributed by atoms with E-state index in [4.69, 9.17) is 16.3 Å². The molecule has 1 heterocycles. The number of nitrogens with zero attached hydrogens (tertiary/aromatic N) is 2. The van der Waals surface area contributed by atoms with Gasteiger partial charge in [0.2, 0.25) is 5.91 Å². The van der Waals surface area contributed by atoms with Crippen LogP contribution < -0.4 is 10.1 Å². The molecule has 1 saturated heterocycles. The average Bonchev–Trinajstić information content (AvgIpc) is 2.73. The van der Waals surface area contributed by atoms with Crippen molar-refractivity contribution in [3.63, 3.8) is 0 Å². The first-order chi connectivity index (χ1) is 13.6. The molecule has 0 saturated carbocycles. The van der Waals surface area contributed by atoms with Gasteiger partial charge in [0.1, 0.15) is 5.75 Å². The molecule has 0 atom stereocenters. The molecule has 148 valence electrons. The second-order valence-corrected chi connectivity index (χ2v) is 7.10. The Bertz CT molecular complexity index is 775. The monoisotopic (exact) mass is 401 g/mol. The molecular formula is C21H24ClN3O3. The molecule has 0 spiro atoms. The van der Waals surface area contributed by atoms with Crippen LogP contribution in [0.15, 0.2) is 54.6 Å². The van der Waals surface area contributed by atoms with E-state index in [-0.39, 0.29) is 25.0 Å². The van der Waals surface area contributed by atoms with Gasteiger partial charge in [0, 0.05) is 37.7 Å². The molecule has 0 unspecified atom stereocenters. The second kappa shape index (κ2) is 10.1. The third-order valence-electron chi connectivity index (χ3n) is 4.59. The van der Waals surface area contributed by atoms with Gasteiger partial charge in [0.25, 0.3) is 5.91 Å². The van der Waals surface area contributed by atoms with Crippen LogP contribution in [0.3, 0.4) is 0 Å². The van der Waals surface area contributed by atoms with Crippen LogP contribution in [0.25, 0.3) is 0 Å². The molecule has 0 aliphatic carbocycles. The molecule has 3 rings (SSSR count). The van der Waals surface area contributed by atoms with Crippen molar-refractivity contribution in [2.45, 2.75) is 6.54 Å². The molecule has 7 heteroatoms. The van der Waals surface area contributed by atoms with Crippen molar-refractivity contribution in [3.05, 3.63) is 65.2 Å². The second-order valence-electron chi connectivity index (χ2n) is 6.66.